The molecule has 0 heterocycles. The Balaban J connectivity index is 2.15. The average Bonchev–Trinajstić information content (AvgIpc) is 2.12. The first-order chi connectivity index (χ1) is 7.18. The predicted molar refractivity (Wildman–Crippen MR) is 64.2 cm³/mol. The molecule has 0 spiro atoms. The third-order valence-corrected chi connectivity index (χ3v) is 3.22. The standard InChI is InChI=1S/C12H26N2O/c1-4-13-9-8-12(6-5-7-12)15-11-10-14(2)3/h13H,4-11H2,1-3H3. The lowest BCUT2D eigenvalue weighted by Gasteiger charge is -2.42. The van der Waals surface area contributed by atoms with Crippen molar-refractivity contribution in [3.05, 3.63) is 0 Å². The van der Waals surface area contributed by atoms with Gasteiger partial charge in [0.05, 0.1) is 12.2 Å². The van der Waals surface area contributed by atoms with Gasteiger partial charge < -0.3 is 15.0 Å². The average molecular weight is 214 g/mol. The Kier molecular flexibility index (Phi) is 5.58. The number of ether oxygens (including phenoxy) is 1. The number of rotatable bonds is 8. The Hall–Kier alpha value is -0.120. The van der Waals surface area contributed by atoms with E-state index in [4.69, 9.17) is 4.74 Å². The van der Waals surface area contributed by atoms with Gasteiger partial charge in [-0.2, -0.15) is 0 Å². The van der Waals surface area contributed by atoms with Gasteiger partial charge in [-0.3, -0.25) is 0 Å². The van der Waals surface area contributed by atoms with E-state index < -0.39 is 0 Å². The van der Waals surface area contributed by atoms with Gasteiger partial charge in [-0.15, -0.1) is 0 Å². The summed E-state index contributed by atoms with van der Waals surface area (Å²) >= 11 is 0. The molecule has 0 aliphatic heterocycles. The van der Waals surface area contributed by atoms with Crippen LogP contribution in [-0.2, 0) is 4.74 Å². The first-order valence-corrected chi connectivity index (χ1v) is 6.18. The molecule has 1 fully saturated rings. The Morgan fingerprint density at radius 1 is 1.33 bits per heavy atom. The monoisotopic (exact) mass is 214 g/mol. The van der Waals surface area contributed by atoms with Crippen LogP contribution in [0.1, 0.15) is 32.6 Å². The molecule has 1 aliphatic carbocycles. The molecule has 0 aromatic rings. The second-order valence-electron chi connectivity index (χ2n) is 4.79. The van der Waals surface area contributed by atoms with Crippen molar-refractivity contribution < 1.29 is 4.74 Å². The summed E-state index contributed by atoms with van der Waals surface area (Å²) in [5, 5.41) is 3.38. The van der Waals surface area contributed by atoms with Gasteiger partial charge in [0.25, 0.3) is 0 Å². The lowest BCUT2D eigenvalue weighted by molar-refractivity contribution is -0.106. The lowest BCUT2D eigenvalue weighted by Crippen LogP contribution is -2.43. The quantitative estimate of drug-likeness (QED) is 0.620. The van der Waals surface area contributed by atoms with Crippen LogP contribution < -0.4 is 5.32 Å². The second-order valence-corrected chi connectivity index (χ2v) is 4.79. The van der Waals surface area contributed by atoms with Crippen molar-refractivity contribution in [3.63, 3.8) is 0 Å². The van der Waals surface area contributed by atoms with Crippen LogP contribution in [0.4, 0.5) is 0 Å². The van der Waals surface area contributed by atoms with Crippen molar-refractivity contribution in [2.45, 2.75) is 38.2 Å². The van der Waals surface area contributed by atoms with Crippen LogP contribution in [0.3, 0.4) is 0 Å². The highest BCUT2D eigenvalue weighted by molar-refractivity contribution is 4.90. The maximum absolute atomic E-state index is 6.04. The van der Waals surface area contributed by atoms with E-state index in [1.54, 1.807) is 0 Å². The van der Waals surface area contributed by atoms with Gasteiger partial charge in [-0.1, -0.05) is 6.92 Å². The number of likely N-dealkylation sites (N-methyl/N-ethyl adjacent to an activating group) is 1. The summed E-state index contributed by atoms with van der Waals surface area (Å²) in [6.07, 6.45) is 5.03. The molecule has 1 saturated carbocycles. The maximum atomic E-state index is 6.04. The molecule has 0 aromatic carbocycles. The first kappa shape index (κ1) is 12.9. The molecule has 3 nitrogen and oxygen atoms in total. The van der Waals surface area contributed by atoms with Crippen LogP contribution in [-0.4, -0.2) is 50.8 Å². The minimum absolute atomic E-state index is 0.220. The summed E-state index contributed by atoms with van der Waals surface area (Å²) in [6.45, 7) is 6.22. The van der Waals surface area contributed by atoms with Crippen LogP contribution in [0.5, 0.6) is 0 Å². The summed E-state index contributed by atoms with van der Waals surface area (Å²) in [5.74, 6) is 0. The van der Waals surface area contributed by atoms with E-state index in [2.05, 4.69) is 31.2 Å². The van der Waals surface area contributed by atoms with Crippen molar-refractivity contribution >= 4 is 0 Å². The normalized spacial score (nSPS) is 19.2. The highest BCUT2D eigenvalue weighted by atomic mass is 16.5. The van der Waals surface area contributed by atoms with Crippen LogP contribution in [0.15, 0.2) is 0 Å². The topological polar surface area (TPSA) is 24.5 Å². The summed E-state index contributed by atoms with van der Waals surface area (Å²) in [5.41, 5.74) is 0.220. The van der Waals surface area contributed by atoms with Crippen molar-refractivity contribution in [2.24, 2.45) is 0 Å². The summed E-state index contributed by atoms with van der Waals surface area (Å²) < 4.78 is 6.04. The zero-order valence-electron chi connectivity index (χ0n) is 10.5. The number of hydrogen-bond donors (Lipinski definition) is 1. The first-order valence-electron chi connectivity index (χ1n) is 6.18. The Morgan fingerprint density at radius 2 is 2.07 bits per heavy atom. The van der Waals surface area contributed by atoms with Crippen LogP contribution in [0.2, 0.25) is 0 Å². The van der Waals surface area contributed by atoms with E-state index in [-0.39, 0.29) is 5.60 Å². The van der Waals surface area contributed by atoms with E-state index in [1.807, 2.05) is 0 Å². The van der Waals surface area contributed by atoms with Gasteiger partial charge in [0.2, 0.25) is 0 Å². The van der Waals surface area contributed by atoms with Gasteiger partial charge in [-0.25, -0.2) is 0 Å². The molecule has 15 heavy (non-hydrogen) atoms. The maximum Gasteiger partial charge on any atom is 0.0695 e. The zero-order chi connectivity index (χ0) is 11.1. The molecule has 0 aromatic heterocycles. The Labute approximate surface area is 94.2 Å². The van der Waals surface area contributed by atoms with Crippen LogP contribution >= 0.6 is 0 Å². The van der Waals surface area contributed by atoms with Crippen molar-refractivity contribution in [3.8, 4) is 0 Å². The predicted octanol–water partition coefficient (Wildman–Crippen LogP) is 1.49. The molecular weight excluding hydrogens is 188 g/mol. The molecule has 0 amide bonds. The summed E-state index contributed by atoms with van der Waals surface area (Å²) in [7, 11) is 4.19. The molecule has 0 unspecified atom stereocenters. The largest absolute Gasteiger partial charge is 0.374 e. The minimum Gasteiger partial charge on any atom is -0.374 e. The van der Waals surface area contributed by atoms with Crippen molar-refractivity contribution in [1.82, 2.24) is 10.2 Å². The van der Waals surface area contributed by atoms with Gasteiger partial charge >= 0.3 is 0 Å². The number of hydrogen-bond acceptors (Lipinski definition) is 3. The molecule has 1 aliphatic rings. The molecule has 0 bridgehead atoms. The fourth-order valence-electron chi connectivity index (χ4n) is 1.98. The van der Waals surface area contributed by atoms with Crippen molar-refractivity contribution in [2.75, 3.05) is 40.3 Å². The fraction of sp³-hybridized carbons (Fsp3) is 1.00. The molecule has 90 valence electrons. The SMILES string of the molecule is CCNCCC1(OCCN(C)C)CCC1. The number of nitrogens with one attached hydrogen (secondary N) is 1. The Bertz CT molecular complexity index is 167. The highest BCUT2D eigenvalue weighted by Crippen LogP contribution is 2.38. The molecule has 0 radical (unpaired) electrons. The molecule has 3 heteroatoms. The van der Waals surface area contributed by atoms with E-state index in [9.17, 15) is 0 Å². The third kappa shape index (κ3) is 4.49. The molecule has 1 N–H and O–H groups in total. The minimum atomic E-state index is 0.220. The number of nitrogens with zero attached hydrogens (tertiary/aromatic N) is 1. The summed E-state index contributed by atoms with van der Waals surface area (Å²) in [6, 6.07) is 0. The van der Waals surface area contributed by atoms with Crippen molar-refractivity contribution in [1.29, 1.82) is 0 Å². The van der Waals surface area contributed by atoms with Gasteiger partial charge in [0.15, 0.2) is 0 Å². The summed E-state index contributed by atoms with van der Waals surface area (Å²) in [4.78, 5) is 2.18. The van der Waals surface area contributed by atoms with Crippen LogP contribution in [0.25, 0.3) is 0 Å². The Morgan fingerprint density at radius 3 is 2.53 bits per heavy atom. The fourth-order valence-corrected chi connectivity index (χ4v) is 1.98. The molecule has 1 rings (SSSR count). The highest BCUT2D eigenvalue weighted by Gasteiger charge is 2.37. The zero-order valence-corrected chi connectivity index (χ0v) is 10.5. The van der Waals surface area contributed by atoms with E-state index in [1.165, 1.54) is 25.7 Å². The van der Waals surface area contributed by atoms with E-state index >= 15 is 0 Å². The van der Waals surface area contributed by atoms with Gasteiger partial charge in [0.1, 0.15) is 0 Å². The molecule has 0 atom stereocenters. The van der Waals surface area contributed by atoms with E-state index in [0.717, 1.165) is 26.2 Å². The van der Waals surface area contributed by atoms with Crippen LogP contribution in [0, 0.1) is 0 Å². The third-order valence-electron chi connectivity index (χ3n) is 3.22. The van der Waals surface area contributed by atoms with E-state index in [0.29, 0.717) is 0 Å². The van der Waals surface area contributed by atoms with Gasteiger partial charge in [-0.05, 0) is 52.9 Å². The lowest BCUT2D eigenvalue weighted by atomic mass is 9.77. The smallest absolute Gasteiger partial charge is 0.0695 e. The second kappa shape index (κ2) is 6.46. The molecular formula is C12H26N2O. The van der Waals surface area contributed by atoms with Gasteiger partial charge in [0, 0.05) is 6.54 Å². The molecule has 0 saturated heterocycles.